The fraction of sp³-hybridized carbons (Fsp3) is 0.450. The van der Waals surface area contributed by atoms with Crippen LogP contribution in [-0.2, 0) is 14.9 Å². The van der Waals surface area contributed by atoms with Crippen LogP contribution in [-0.4, -0.2) is 23.9 Å². The molecule has 0 aliphatic carbocycles. The topological polar surface area (TPSA) is 46.5 Å². The molecule has 1 aromatic carbocycles. The zero-order valence-corrected chi connectivity index (χ0v) is 16.1. The third-order valence-corrected chi connectivity index (χ3v) is 5.78. The van der Waals surface area contributed by atoms with Crippen LogP contribution < -0.4 is 0 Å². The number of rotatable bonds is 8. The minimum absolute atomic E-state index is 0.0724. The zero-order valence-electron chi connectivity index (χ0n) is 15.3. The molecule has 1 aromatic rings. The van der Waals surface area contributed by atoms with E-state index < -0.39 is 0 Å². The number of methoxy groups -OCH3 is 1. The molecule has 0 aliphatic rings. The van der Waals surface area contributed by atoms with E-state index in [2.05, 4.69) is 37.7 Å². The minimum Gasteiger partial charge on any atom is -0.508 e. The second-order valence-electron chi connectivity index (χ2n) is 5.68. The van der Waals surface area contributed by atoms with Crippen LogP contribution in [0.25, 0.3) is 0 Å². The lowest BCUT2D eigenvalue weighted by atomic mass is 9.75. The van der Waals surface area contributed by atoms with Gasteiger partial charge in [0.15, 0.2) is 0 Å². The predicted molar refractivity (Wildman–Crippen MR) is 102 cm³/mol. The summed E-state index contributed by atoms with van der Waals surface area (Å²) in [4.78, 5) is 12.5. The molecule has 0 heterocycles. The average molecular weight is 349 g/mol. The molecule has 0 atom stereocenters. The van der Waals surface area contributed by atoms with Gasteiger partial charge in [-0.25, -0.2) is 4.79 Å². The van der Waals surface area contributed by atoms with E-state index in [-0.39, 0.29) is 11.4 Å². The summed E-state index contributed by atoms with van der Waals surface area (Å²) in [5.41, 5.74) is 2.04. The number of thioether (sulfide) groups is 1. The molecule has 0 bridgehead atoms. The number of aryl methyl sites for hydroxylation is 1. The molecule has 0 saturated carbocycles. The van der Waals surface area contributed by atoms with Crippen molar-refractivity contribution in [1.82, 2.24) is 0 Å². The monoisotopic (exact) mass is 348 g/mol. The minimum atomic E-state index is -0.330. The Kier molecular flexibility index (Phi) is 8.13. The smallest absolute Gasteiger partial charge is 0.330 e. The third kappa shape index (κ3) is 4.67. The Morgan fingerprint density at radius 2 is 2.00 bits per heavy atom. The van der Waals surface area contributed by atoms with Crippen molar-refractivity contribution in [2.45, 2.75) is 46.0 Å². The van der Waals surface area contributed by atoms with Crippen LogP contribution in [0.1, 0.15) is 44.7 Å². The van der Waals surface area contributed by atoms with Gasteiger partial charge in [0, 0.05) is 17.2 Å². The van der Waals surface area contributed by atoms with Crippen molar-refractivity contribution in [3.05, 3.63) is 52.5 Å². The van der Waals surface area contributed by atoms with Gasteiger partial charge in [-0.15, -0.1) is 11.8 Å². The van der Waals surface area contributed by atoms with E-state index in [1.165, 1.54) is 23.7 Å². The largest absolute Gasteiger partial charge is 0.508 e. The lowest BCUT2D eigenvalue weighted by molar-refractivity contribution is -0.134. The van der Waals surface area contributed by atoms with Crippen LogP contribution in [0.3, 0.4) is 0 Å². The number of hydrogen-bond donors (Lipinski definition) is 1. The van der Waals surface area contributed by atoms with E-state index in [0.717, 1.165) is 18.4 Å². The summed E-state index contributed by atoms with van der Waals surface area (Å²) in [6, 6.07) is 5.88. The number of esters is 1. The second kappa shape index (κ2) is 9.58. The van der Waals surface area contributed by atoms with Gasteiger partial charge in [0.2, 0.25) is 0 Å². The zero-order chi connectivity index (χ0) is 18.2. The number of carbonyl (C=O) groups is 1. The van der Waals surface area contributed by atoms with Crippen molar-refractivity contribution in [3.63, 3.8) is 0 Å². The number of benzene rings is 1. The van der Waals surface area contributed by atoms with Gasteiger partial charge in [-0.05, 0) is 48.8 Å². The standard InChI is InChI=1S/C20H28O3S/c1-6-18(24-13-9-10-19(22)23-5)20(7-2,8-3)16-11-12-17(21)15(4)14-16/h6,9-12,14,21H,7-8,13H2,1-5H3/b10-9+,18-6-. The molecule has 0 unspecified atom stereocenters. The molecule has 0 aliphatic heterocycles. The molecule has 132 valence electrons. The van der Waals surface area contributed by atoms with Gasteiger partial charge in [-0.3, -0.25) is 0 Å². The molecule has 0 radical (unpaired) electrons. The van der Waals surface area contributed by atoms with Crippen molar-refractivity contribution >= 4 is 17.7 Å². The van der Waals surface area contributed by atoms with Gasteiger partial charge in [0.05, 0.1) is 7.11 Å². The molecule has 4 heteroatoms. The lowest BCUT2D eigenvalue weighted by Gasteiger charge is -2.35. The summed E-state index contributed by atoms with van der Waals surface area (Å²) in [5.74, 6) is 0.715. The highest BCUT2D eigenvalue weighted by Crippen LogP contribution is 2.45. The first-order chi connectivity index (χ1) is 11.4. The summed E-state index contributed by atoms with van der Waals surface area (Å²) in [7, 11) is 1.38. The summed E-state index contributed by atoms with van der Waals surface area (Å²) >= 11 is 1.74. The second-order valence-corrected chi connectivity index (χ2v) is 6.74. The maximum absolute atomic E-state index is 11.2. The normalized spacial score (nSPS) is 12.6. The predicted octanol–water partition coefficient (Wildman–Crippen LogP) is 5.12. The van der Waals surface area contributed by atoms with Crippen LogP contribution in [0.15, 0.2) is 41.3 Å². The number of allylic oxidation sites excluding steroid dienone is 2. The van der Waals surface area contributed by atoms with Crippen LogP contribution in [0.5, 0.6) is 5.75 Å². The number of aromatic hydroxyl groups is 1. The molecule has 0 amide bonds. The molecular formula is C20H28O3S. The fourth-order valence-corrected chi connectivity index (χ4v) is 4.17. The maximum atomic E-state index is 11.2. The fourth-order valence-electron chi connectivity index (χ4n) is 2.95. The number of hydrogen-bond acceptors (Lipinski definition) is 4. The van der Waals surface area contributed by atoms with Gasteiger partial charge in [0.25, 0.3) is 0 Å². The van der Waals surface area contributed by atoms with Crippen molar-refractivity contribution < 1.29 is 14.6 Å². The Morgan fingerprint density at radius 3 is 2.50 bits per heavy atom. The summed E-state index contributed by atoms with van der Waals surface area (Å²) in [6.45, 7) is 8.37. The first kappa shape index (κ1) is 20.4. The van der Waals surface area contributed by atoms with Crippen LogP contribution in [0, 0.1) is 6.92 Å². The Hall–Kier alpha value is -1.68. The third-order valence-electron chi connectivity index (χ3n) is 4.48. The van der Waals surface area contributed by atoms with Crippen molar-refractivity contribution in [2.24, 2.45) is 0 Å². The Labute approximate surface area is 149 Å². The van der Waals surface area contributed by atoms with E-state index in [1.807, 2.05) is 19.1 Å². The van der Waals surface area contributed by atoms with Gasteiger partial charge in [0.1, 0.15) is 5.75 Å². The van der Waals surface area contributed by atoms with Crippen molar-refractivity contribution in [3.8, 4) is 5.75 Å². The lowest BCUT2D eigenvalue weighted by Crippen LogP contribution is -2.26. The van der Waals surface area contributed by atoms with Crippen LogP contribution in [0.2, 0.25) is 0 Å². The molecular weight excluding hydrogens is 320 g/mol. The molecule has 3 nitrogen and oxygen atoms in total. The average Bonchev–Trinajstić information content (AvgIpc) is 2.60. The molecule has 0 saturated heterocycles. The van der Waals surface area contributed by atoms with Crippen molar-refractivity contribution in [1.29, 1.82) is 0 Å². The first-order valence-corrected chi connectivity index (χ1v) is 9.27. The number of phenolic OH excluding ortho intramolecular Hbond substituents is 1. The van der Waals surface area contributed by atoms with E-state index in [9.17, 15) is 9.90 Å². The maximum Gasteiger partial charge on any atom is 0.330 e. The molecule has 1 N–H and O–H groups in total. The number of ether oxygens (including phenoxy) is 1. The Morgan fingerprint density at radius 1 is 1.33 bits per heavy atom. The highest BCUT2D eigenvalue weighted by Gasteiger charge is 2.32. The SMILES string of the molecule is C/C=C(\SC/C=C/C(=O)OC)C(CC)(CC)c1ccc(O)c(C)c1. The molecule has 24 heavy (non-hydrogen) atoms. The van der Waals surface area contributed by atoms with E-state index in [4.69, 9.17) is 0 Å². The highest BCUT2D eigenvalue weighted by molar-refractivity contribution is 8.03. The molecule has 0 spiro atoms. The summed E-state index contributed by atoms with van der Waals surface area (Å²) in [6.07, 6.45) is 7.40. The number of phenols is 1. The van der Waals surface area contributed by atoms with Gasteiger partial charge < -0.3 is 9.84 Å². The van der Waals surface area contributed by atoms with Gasteiger partial charge in [-0.1, -0.05) is 38.1 Å². The molecule has 0 aromatic heterocycles. The Balaban J connectivity index is 3.08. The van der Waals surface area contributed by atoms with E-state index >= 15 is 0 Å². The van der Waals surface area contributed by atoms with E-state index in [1.54, 1.807) is 17.8 Å². The summed E-state index contributed by atoms with van der Waals surface area (Å²) < 4.78 is 4.61. The van der Waals surface area contributed by atoms with Gasteiger partial charge >= 0.3 is 5.97 Å². The Bertz CT molecular complexity index is 613. The first-order valence-electron chi connectivity index (χ1n) is 8.29. The van der Waals surface area contributed by atoms with Crippen molar-refractivity contribution in [2.75, 3.05) is 12.9 Å². The molecule has 1 rings (SSSR count). The highest BCUT2D eigenvalue weighted by atomic mass is 32.2. The quantitative estimate of drug-likeness (QED) is 0.523. The summed E-state index contributed by atoms with van der Waals surface area (Å²) in [5, 5.41) is 9.83. The molecule has 0 fully saturated rings. The number of carbonyl (C=O) groups excluding carboxylic acids is 1. The van der Waals surface area contributed by atoms with Crippen LogP contribution >= 0.6 is 11.8 Å². The van der Waals surface area contributed by atoms with Gasteiger partial charge in [-0.2, -0.15) is 0 Å². The van der Waals surface area contributed by atoms with Crippen LogP contribution in [0.4, 0.5) is 0 Å². The van der Waals surface area contributed by atoms with E-state index in [0.29, 0.717) is 11.5 Å².